The Labute approximate surface area is 177 Å². The van der Waals surface area contributed by atoms with Gasteiger partial charge in [0, 0.05) is 37.9 Å². The predicted octanol–water partition coefficient (Wildman–Crippen LogP) is 4.15. The second-order valence-corrected chi connectivity index (χ2v) is 8.43. The Morgan fingerprint density at radius 2 is 1.93 bits per heavy atom. The van der Waals surface area contributed by atoms with Crippen molar-refractivity contribution >= 4 is 5.71 Å². The van der Waals surface area contributed by atoms with Gasteiger partial charge in [-0.1, -0.05) is 19.1 Å². The fourth-order valence-electron chi connectivity index (χ4n) is 5.03. The van der Waals surface area contributed by atoms with E-state index in [0.717, 1.165) is 67.2 Å². The van der Waals surface area contributed by atoms with Crippen LogP contribution in [0, 0.1) is 0 Å². The molecular weight excluding hydrogens is 378 g/mol. The third-order valence-corrected chi connectivity index (χ3v) is 6.59. The Kier molecular flexibility index (Phi) is 4.82. The van der Waals surface area contributed by atoms with Gasteiger partial charge in [0.05, 0.1) is 18.9 Å². The third kappa shape index (κ3) is 3.10. The van der Waals surface area contributed by atoms with E-state index in [1.54, 1.807) is 19.2 Å². The summed E-state index contributed by atoms with van der Waals surface area (Å²) in [5.41, 5.74) is 2.77. The highest BCUT2D eigenvalue weighted by molar-refractivity contribution is 6.02. The number of phenolic OH excluding ortho intramolecular Hbond substituents is 1. The van der Waals surface area contributed by atoms with E-state index in [4.69, 9.17) is 14.6 Å². The summed E-state index contributed by atoms with van der Waals surface area (Å²) in [5.74, 6) is 1.93. The molecule has 0 aromatic heterocycles. The van der Waals surface area contributed by atoms with Gasteiger partial charge in [0.15, 0.2) is 11.5 Å². The number of likely N-dealkylation sites (tertiary alicyclic amines) is 1. The molecule has 6 nitrogen and oxygen atoms in total. The molecule has 1 N–H and O–H groups in total. The van der Waals surface area contributed by atoms with Crippen LogP contribution in [0.2, 0.25) is 0 Å². The summed E-state index contributed by atoms with van der Waals surface area (Å²) < 4.78 is 12.4. The van der Waals surface area contributed by atoms with Crippen LogP contribution in [0.1, 0.15) is 49.8 Å². The molecule has 2 aromatic carbocycles. The third-order valence-electron chi connectivity index (χ3n) is 6.59. The van der Waals surface area contributed by atoms with Crippen molar-refractivity contribution in [1.29, 1.82) is 0 Å². The number of piperidine rings is 1. The number of aromatic hydroxyl groups is 1. The van der Waals surface area contributed by atoms with Crippen molar-refractivity contribution in [2.45, 2.75) is 44.4 Å². The minimum Gasteiger partial charge on any atom is -0.508 e. The fourth-order valence-corrected chi connectivity index (χ4v) is 5.03. The molecule has 0 aliphatic carbocycles. The maximum atomic E-state index is 9.67. The van der Waals surface area contributed by atoms with Crippen molar-refractivity contribution in [2.24, 2.45) is 5.10 Å². The van der Waals surface area contributed by atoms with Gasteiger partial charge in [-0.25, -0.2) is 5.01 Å². The number of ether oxygens (including phenoxy) is 2. The summed E-state index contributed by atoms with van der Waals surface area (Å²) in [6, 6.07) is 13.6. The average Bonchev–Trinajstić information content (AvgIpc) is 3.23. The number of rotatable bonds is 4. The molecule has 30 heavy (non-hydrogen) atoms. The molecular formula is C24H29N3O3. The normalized spacial score (nSPS) is 22.3. The van der Waals surface area contributed by atoms with Crippen molar-refractivity contribution in [2.75, 3.05) is 26.7 Å². The molecule has 6 heteroatoms. The molecule has 1 saturated heterocycles. The van der Waals surface area contributed by atoms with E-state index >= 15 is 0 Å². The van der Waals surface area contributed by atoms with E-state index in [0.29, 0.717) is 0 Å². The number of hydrazone groups is 1. The molecule has 1 atom stereocenters. The first kappa shape index (κ1) is 19.2. The maximum absolute atomic E-state index is 9.67. The zero-order chi connectivity index (χ0) is 20.7. The second-order valence-electron chi connectivity index (χ2n) is 8.43. The van der Waals surface area contributed by atoms with Gasteiger partial charge in [-0.2, -0.15) is 5.10 Å². The van der Waals surface area contributed by atoms with Gasteiger partial charge in [-0.3, -0.25) is 0 Å². The van der Waals surface area contributed by atoms with Gasteiger partial charge in [-0.15, -0.1) is 0 Å². The van der Waals surface area contributed by atoms with E-state index in [1.165, 1.54) is 6.42 Å². The highest BCUT2D eigenvalue weighted by Gasteiger charge is 2.52. The van der Waals surface area contributed by atoms with E-state index in [9.17, 15) is 5.11 Å². The van der Waals surface area contributed by atoms with E-state index in [1.807, 2.05) is 24.3 Å². The van der Waals surface area contributed by atoms with Crippen molar-refractivity contribution in [3.8, 4) is 17.2 Å². The lowest BCUT2D eigenvalue weighted by atomic mass is 9.90. The number of benzene rings is 2. The van der Waals surface area contributed by atoms with Crippen LogP contribution in [0.25, 0.3) is 0 Å². The molecule has 0 amide bonds. The Morgan fingerprint density at radius 1 is 1.17 bits per heavy atom. The number of methoxy groups -OCH3 is 1. The van der Waals surface area contributed by atoms with Crippen LogP contribution in [-0.2, 0) is 0 Å². The van der Waals surface area contributed by atoms with Gasteiger partial charge < -0.3 is 19.5 Å². The Bertz CT molecular complexity index is 949. The quantitative estimate of drug-likeness (QED) is 0.825. The number of nitrogens with zero attached hydrogens (tertiary/aromatic N) is 3. The molecule has 1 spiro atoms. The minimum atomic E-state index is -0.449. The van der Waals surface area contributed by atoms with Gasteiger partial charge in [-0.05, 0) is 48.9 Å². The second kappa shape index (κ2) is 7.51. The van der Waals surface area contributed by atoms with Gasteiger partial charge >= 0.3 is 0 Å². The van der Waals surface area contributed by atoms with E-state index in [-0.39, 0.29) is 11.8 Å². The monoisotopic (exact) mass is 407 g/mol. The SMILES string of the molecule is CCCN1CCC2(CC1)Oc1c(OC)cccc1[C@H]1CC(c3ccc(O)cc3)=NN12. The fraction of sp³-hybridized carbons (Fsp3) is 0.458. The summed E-state index contributed by atoms with van der Waals surface area (Å²) in [6.45, 7) is 5.37. The molecule has 2 aromatic rings. The Hall–Kier alpha value is -2.73. The molecule has 0 saturated carbocycles. The summed E-state index contributed by atoms with van der Waals surface area (Å²) in [6.07, 6.45) is 3.80. The number of para-hydroxylation sites is 1. The highest BCUT2D eigenvalue weighted by atomic mass is 16.5. The number of phenols is 1. The Morgan fingerprint density at radius 3 is 2.63 bits per heavy atom. The van der Waals surface area contributed by atoms with Crippen molar-refractivity contribution in [1.82, 2.24) is 9.91 Å². The first-order valence-corrected chi connectivity index (χ1v) is 10.9. The van der Waals surface area contributed by atoms with Gasteiger partial charge in [0.1, 0.15) is 5.75 Å². The average molecular weight is 408 g/mol. The largest absolute Gasteiger partial charge is 0.508 e. The first-order valence-electron chi connectivity index (χ1n) is 10.9. The zero-order valence-corrected chi connectivity index (χ0v) is 17.7. The predicted molar refractivity (Wildman–Crippen MR) is 116 cm³/mol. The van der Waals surface area contributed by atoms with Crippen molar-refractivity contribution in [3.05, 3.63) is 53.6 Å². The smallest absolute Gasteiger partial charge is 0.200 e. The lowest BCUT2D eigenvalue weighted by molar-refractivity contribution is -0.150. The molecule has 0 radical (unpaired) electrons. The van der Waals surface area contributed by atoms with Crippen LogP contribution >= 0.6 is 0 Å². The van der Waals surface area contributed by atoms with Crippen LogP contribution in [0.4, 0.5) is 0 Å². The van der Waals surface area contributed by atoms with Crippen LogP contribution in [0.15, 0.2) is 47.6 Å². The number of hydrogen-bond acceptors (Lipinski definition) is 6. The summed E-state index contributed by atoms with van der Waals surface area (Å²) in [5, 5.41) is 17.0. The molecule has 0 bridgehead atoms. The van der Waals surface area contributed by atoms with Crippen molar-refractivity contribution in [3.63, 3.8) is 0 Å². The van der Waals surface area contributed by atoms with Crippen molar-refractivity contribution < 1.29 is 14.6 Å². The van der Waals surface area contributed by atoms with Crippen LogP contribution in [-0.4, -0.2) is 53.2 Å². The molecule has 0 unspecified atom stereocenters. The standard InChI is InChI=1S/C24H29N3O3/c1-3-13-26-14-11-24(12-15-26)27-21(19-5-4-6-22(29-2)23(19)30-24)16-20(25-27)17-7-9-18(28)10-8-17/h4-10,21,28H,3,11-16H2,1-2H3/t21-/m1/s1. The molecule has 1 fully saturated rings. The molecule has 158 valence electrons. The van der Waals surface area contributed by atoms with Crippen LogP contribution < -0.4 is 9.47 Å². The first-order chi connectivity index (χ1) is 14.6. The zero-order valence-electron chi connectivity index (χ0n) is 17.7. The van der Waals surface area contributed by atoms with Crippen LogP contribution in [0.5, 0.6) is 17.2 Å². The van der Waals surface area contributed by atoms with E-state index in [2.05, 4.69) is 22.9 Å². The van der Waals surface area contributed by atoms with Gasteiger partial charge in [0.2, 0.25) is 5.72 Å². The highest BCUT2D eigenvalue weighted by Crippen LogP contribution is 2.52. The summed E-state index contributed by atoms with van der Waals surface area (Å²) >= 11 is 0. The van der Waals surface area contributed by atoms with E-state index < -0.39 is 5.72 Å². The molecule has 5 rings (SSSR count). The number of hydrogen-bond donors (Lipinski definition) is 1. The number of fused-ring (bicyclic) bond motifs is 4. The summed E-state index contributed by atoms with van der Waals surface area (Å²) in [4.78, 5) is 2.52. The maximum Gasteiger partial charge on any atom is 0.200 e. The molecule has 3 aliphatic rings. The topological polar surface area (TPSA) is 57.5 Å². The van der Waals surface area contributed by atoms with Crippen LogP contribution in [0.3, 0.4) is 0 Å². The minimum absolute atomic E-state index is 0.130. The Balaban J connectivity index is 1.54. The van der Waals surface area contributed by atoms with Gasteiger partial charge in [0.25, 0.3) is 0 Å². The summed E-state index contributed by atoms with van der Waals surface area (Å²) in [7, 11) is 1.70. The molecule has 3 aliphatic heterocycles. The lowest BCUT2D eigenvalue weighted by Crippen LogP contribution is -2.59. The molecule has 3 heterocycles. The lowest BCUT2D eigenvalue weighted by Gasteiger charge is -2.51.